The fourth-order valence-corrected chi connectivity index (χ4v) is 2.24. The fraction of sp³-hybridized carbons (Fsp3) is 0.857. The van der Waals surface area contributed by atoms with Crippen LogP contribution in [-0.4, -0.2) is 61.2 Å². The van der Waals surface area contributed by atoms with Crippen molar-refractivity contribution in [3.05, 3.63) is 0 Å². The summed E-state index contributed by atoms with van der Waals surface area (Å²) < 4.78 is 0. The van der Waals surface area contributed by atoms with Crippen LogP contribution in [0.25, 0.3) is 0 Å². The highest BCUT2D eigenvalue weighted by atomic mass is 16.4. The van der Waals surface area contributed by atoms with Gasteiger partial charge in [-0.3, -0.25) is 14.5 Å². The summed E-state index contributed by atoms with van der Waals surface area (Å²) >= 11 is 0. The van der Waals surface area contributed by atoms with Crippen LogP contribution in [0.15, 0.2) is 0 Å². The normalized spacial score (nSPS) is 16.9. The summed E-state index contributed by atoms with van der Waals surface area (Å²) in [5.41, 5.74) is -0.0548. The molecule has 0 aromatic carbocycles. The molecule has 0 unspecified atom stereocenters. The maximum absolute atomic E-state index is 11.8. The summed E-state index contributed by atoms with van der Waals surface area (Å²) in [6.07, 6.45) is 1.62. The smallest absolute Gasteiger partial charge is 0.303 e. The Kier molecular flexibility index (Phi) is 6.95. The van der Waals surface area contributed by atoms with E-state index < -0.39 is 5.97 Å². The van der Waals surface area contributed by atoms with E-state index in [-0.39, 0.29) is 17.7 Å². The number of hydrogen-bond acceptors (Lipinski definition) is 4. The van der Waals surface area contributed by atoms with E-state index in [4.69, 9.17) is 5.11 Å². The minimum atomic E-state index is -0.763. The molecule has 0 aromatic heterocycles. The first-order valence-corrected chi connectivity index (χ1v) is 7.31. The number of amides is 1. The highest BCUT2D eigenvalue weighted by molar-refractivity contribution is 5.78. The van der Waals surface area contributed by atoms with E-state index in [0.29, 0.717) is 19.5 Å². The Bertz CT molecular complexity index is 326. The van der Waals surface area contributed by atoms with E-state index in [1.54, 1.807) is 0 Å². The molecule has 0 radical (unpaired) electrons. The molecule has 1 heterocycles. The van der Waals surface area contributed by atoms with Crippen molar-refractivity contribution in [2.45, 2.75) is 33.1 Å². The summed E-state index contributed by atoms with van der Waals surface area (Å²) in [6, 6.07) is 0. The van der Waals surface area contributed by atoms with Crippen LogP contribution in [0.3, 0.4) is 0 Å². The summed E-state index contributed by atoms with van der Waals surface area (Å²) in [6.45, 7) is 8.85. The predicted molar refractivity (Wildman–Crippen MR) is 77.6 cm³/mol. The van der Waals surface area contributed by atoms with Crippen LogP contribution in [0.1, 0.15) is 33.1 Å². The van der Waals surface area contributed by atoms with Gasteiger partial charge in [0.25, 0.3) is 0 Å². The number of piperazine rings is 1. The number of rotatable bonds is 8. The van der Waals surface area contributed by atoms with Gasteiger partial charge in [0.15, 0.2) is 0 Å². The van der Waals surface area contributed by atoms with E-state index in [1.165, 1.54) is 0 Å². The Morgan fingerprint density at radius 3 is 2.50 bits per heavy atom. The van der Waals surface area contributed by atoms with Gasteiger partial charge in [-0.25, -0.2) is 0 Å². The lowest BCUT2D eigenvalue weighted by Gasteiger charge is -2.27. The molecule has 1 rings (SSSR count). The van der Waals surface area contributed by atoms with Gasteiger partial charge in [0.05, 0.1) is 6.54 Å². The molecule has 1 aliphatic rings. The van der Waals surface area contributed by atoms with Crippen molar-refractivity contribution in [3.63, 3.8) is 0 Å². The molecule has 0 saturated carbocycles. The van der Waals surface area contributed by atoms with E-state index in [1.807, 2.05) is 13.8 Å². The Morgan fingerprint density at radius 2 is 1.90 bits per heavy atom. The third-order valence-corrected chi connectivity index (χ3v) is 3.72. The van der Waals surface area contributed by atoms with Gasteiger partial charge in [0.1, 0.15) is 0 Å². The van der Waals surface area contributed by atoms with Gasteiger partial charge < -0.3 is 15.7 Å². The largest absolute Gasteiger partial charge is 0.481 e. The van der Waals surface area contributed by atoms with E-state index in [0.717, 1.165) is 32.6 Å². The molecule has 3 N–H and O–H groups in total. The van der Waals surface area contributed by atoms with Gasteiger partial charge in [0.2, 0.25) is 5.91 Å². The molecule has 1 aliphatic heterocycles. The molecule has 1 saturated heterocycles. The van der Waals surface area contributed by atoms with Crippen molar-refractivity contribution in [2.75, 3.05) is 39.3 Å². The van der Waals surface area contributed by atoms with E-state index in [9.17, 15) is 9.59 Å². The number of carbonyl (C=O) groups is 2. The van der Waals surface area contributed by atoms with Crippen molar-refractivity contribution in [1.82, 2.24) is 15.5 Å². The van der Waals surface area contributed by atoms with E-state index >= 15 is 0 Å². The van der Waals surface area contributed by atoms with Crippen molar-refractivity contribution in [3.8, 4) is 0 Å². The van der Waals surface area contributed by atoms with Gasteiger partial charge in [0, 0.05) is 39.1 Å². The van der Waals surface area contributed by atoms with Gasteiger partial charge in [-0.2, -0.15) is 0 Å². The third-order valence-electron chi connectivity index (χ3n) is 3.72. The SMILES string of the molecule is CC(C)(CCNC(=O)CN1CCNCC1)CCC(=O)O. The summed E-state index contributed by atoms with van der Waals surface area (Å²) in [4.78, 5) is 24.5. The molecule has 0 bridgehead atoms. The number of carboxylic acid groups (broad SMARTS) is 1. The maximum Gasteiger partial charge on any atom is 0.303 e. The molecule has 6 nitrogen and oxygen atoms in total. The molecule has 6 heteroatoms. The zero-order chi connectivity index (χ0) is 15.0. The van der Waals surface area contributed by atoms with Crippen LogP contribution < -0.4 is 10.6 Å². The second-order valence-electron chi connectivity index (χ2n) is 6.18. The zero-order valence-corrected chi connectivity index (χ0v) is 12.6. The van der Waals surface area contributed by atoms with E-state index in [2.05, 4.69) is 15.5 Å². The fourth-order valence-electron chi connectivity index (χ4n) is 2.24. The van der Waals surface area contributed by atoms with Gasteiger partial charge in [-0.05, 0) is 18.3 Å². The van der Waals surface area contributed by atoms with Gasteiger partial charge in [-0.1, -0.05) is 13.8 Å². The molecule has 0 spiro atoms. The van der Waals surface area contributed by atoms with Gasteiger partial charge in [-0.15, -0.1) is 0 Å². The molecule has 20 heavy (non-hydrogen) atoms. The van der Waals surface area contributed by atoms with Crippen LogP contribution >= 0.6 is 0 Å². The lowest BCUT2D eigenvalue weighted by atomic mass is 9.84. The Balaban J connectivity index is 2.15. The van der Waals surface area contributed by atoms with Crippen LogP contribution in [0, 0.1) is 5.41 Å². The van der Waals surface area contributed by atoms with Crippen molar-refractivity contribution < 1.29 is 14.7 Å². The topological polar surface area (TPSA) is 81.7 Å². The lowest BCUT2D eigenvalue weighted by molar-refractivity contribution is -0.137. The first kappa shape index (κ1) is 16.9. The zero-order valence-electron chi connectivity index (χ0n) is 12.6. The average Bonchev–Trinajstić information content (AvgIpc) is 2.37. The quantitative estimate of drug-likeness (QED) is 0.597. The molecule has 0 aromatic rings. The molecular weight excluding hydrogens is 258 g/mol. The number of nitrogens with zero attached hydrogens (tertiary/aromatic N) is 1. The van der Waals surface area contributed by atoms with Crippen molar-refractivity contribution in [1.29, 1.82) is 0 Å². The van der Waals surface area contributed by atoms with Crippen molar-refractivity contribution >= 4 is 11.9 Å². The molecular formula is C14H27N3O3. The van der Waals surface area contributed by atoms with Crippen LogP contribution in [0.5, 0.6) is 0 Å². The minimum absolute atomic E-state index is 0.0548. The highest BCUT2D eigenvalue weighted by Gasteiger charge is 2.19. The summed E-state index contributed by atoms with van der Waals surface area (Å²) in [5.74, 6) is -0.707. The first-order chi connectivity index (χ1) is 9.39. The second kappa shape index (κ2) is 8.21. The number of hydrogen-bond donors (Lipinski definition) is 3. The summed E-state index contributed by atoms with van der Waals surface area (Å²) in [7, 11) is 0. The Labute approximate surface area is 120 Å². The number of carboxylic acids is 1. The number of aliphatic carboxylic acids is 1. The molecule has 1 amide bonds. The second-order valence-corrected chi connectivity index (χ2v) is 6.18. The van der Waals surface area contributed by atoms with Crippen molar-refractivity contribution in [2.24, 2.45) is 5.41 Å². The molecule has 116 valence electrons. The van der Waals surface area contributed by atoms with Crippen LogP contribution in [0.2, 0.25) is 0 Å². The van der Waals surface area contributed by atoms with Gasteiger partial charge >= 0.3 is 5.97 Å². The Morgan fingerprint density at radius 1 is 1.25 bits per heavy atom. The Hall–Kier alpha value is -1.14. The highest BCUT2D eigenvalue weighted by Crippen LogP contribution is 2.25. The minimum Gasteiger partial charge on any atom is -0.481 e. The maximum atomic E-state index is 11.8. The standard InChI is InChI=1S/C14H27N3O3/c1-14(2,4-3-13(19)20)5-6-16-12(18)11-17-9-7-15-8-10-17/h15H,3-11H2,1-2H3,(H,16,18)(H,19,20). The summed E-state index contributed by atoms with van der Waals surface area (Å²) in [5, 5.41) is 14.9. The monoisotopic (exact) mass is 285 g/mol. The average molecular weight is 285 g/mol. The number of carbonyl (C=O) groups excluding carboxylic acids is 1. The van der Waals surface area contributed by atoms with Crippen LogP contribution in [0.4, 0.5) is 0 Å². The predicted octanol–water partition coefficient (Wildman–Crippen LogP) is 0.289. The molecule has 1 fully saturated rings. The van der Waals surface area contributed by atoms with Crippen LogP contribution in [-0.2, 0) is 9.59 Å². The third kappa shape index (κ3) is 7.45. The number of nitrogens with one attached hydrogen (secondary N) is 2. The lowest BCUT2D eigenvalue weighted by Crippen LogP contribution is -2.47. The first-order valence-electron chi connectivity index (χ1n) is 7.31. The molecule has 0 atom stereocenters. The molecule has 0 aliphatic carbocycles.